The van der Waals surface area contributed by atoms with E-state index >= 15 is 0 Å². The Hall–Kier alpha value is -2.35. The number of rotatable bonds is 5. The lowest BCUT2D eigenvalue weighted by atomic mass is 9.83. The maximum atomic E-state index is 13.0. The summed E-state index contributed by atoms with van der Waals surface area (Å²) < 4.78 is 39.0. The molecule has 1 N–H and O–H groups in total. The SMILES string of the molecule is CC(C)(CNC(=O)C1CCN(C(=O)c2cccs2)CC1)c1cccc(C(F)(F)F)c1. The predicted octanol–water partition coefficient (Wildman–Crippen LogP) is 4.71. The van der Waals surface area contributed by atoms with Gasteiger partial charge in [-0.25, -0.2) is 0 Å². The lowest BCUT2D eigenvalue weighted by molar-refractivity contribution is -0.137. The standard InChI is InChI=1S/C22H25F3N2O2S/c1-21(2,16-5-3-6-17(13-16)22(23,24)25)14-26-19(28)15-8-10-27(11-9-15)20(29)18-7-4-12-30-18/h3-7,12-13,15H,8-11,14H2,1-2H3,(H,26,28). The van der Waals surface area contributed by atoms with Crippen molar-refractivity contribution in [2.24, 2.45) is 5.92 Å². The summed E-state index contributed by atoms with van der Waals surface area (Å²) in [6.07, 6.45) is -3.25. The fourth-order valence-corrected chi connectivity index (χ4v) is 4.26. The van der Waals surface area contributed by atoms with E-state index in [0.29, 0.717) is 36.4 Å². The van der Waals surface area contributed by atoms with Crippen LogP contribution in [0, 0.1) is 5.92 Å². The second-order valence-electron chi connectivity index (χ2n) is 8.22. The highest BCUT2D eigenvalue weighted by Gasteiger charge is 2.33. The van der Waals surface area contributed by atoms with Crippen LogP contribution in [0.5, 0.6) is 0 Å². The molecule has 0 saturated carbocycles. The second-order valence-corrected chi connectivity index (χ2v) is 9.17. The maximum Gasteiger partial charge on any atom is 0.416 e. The Bertz CT molecular complexity index is 886. The van der Waals surface area contributed by atoms with Gasteiger partial charge in [0.05, 0.1) is 10.4 Å². The normalized spacial score (nSPS) is 15.8. The first kappa shape index (κ1) is 22.3. The lowest BCUT2D eigenvalue weighted by Gasteiger charge is -2.32. The number of carbonyl (C=O) groups is 2. The molecule has 0 bridgehead atoms. The molecular weight excluding hydrogens is 413 g/mol. The van der Waals surface area contributed by atoms with Crippen molar-refractivity contribution in [3.63, 3.8) is 0 Å². The number of benzene rings is 1. The number of piperidine rings is 1. The molecule has 1 saturated heterocycles. The molecule has 162 valence electrons. The van der Waals surface area contributed by atoms with Crippen LogP contribution < -0.4 is 5.32 Å². The van der Waals surface area contributed by atoms with Crippen molar-refractivity contribution in [2.75, 3.05) is 19.6 Å². The highest BCUT2D eigenvalue weighted by atomic mass is 32.1. The molecule has 1 fully saturated rings. The summed E-state index contributed by atoms with van der Waals surface area (Å²) in [5, 5.41) is 4.76. The topological polar surface area (TPSA) is 49.4 Å². The molecule has 1 aliphatic rings. The van der Waals surface area contributed by atoms with Gasteiger partial charge >= 0.3 is 6.18 Å². The molecular formula is C22H25F3N2O2S. The zero-order valence-electron chi connectivity index (χ0n) is 17.0. The van der Waals surface area contributed by atoms with Crippen LogP contribution in [0.15, 0.2) is 41.8 Å². The van der Waals surface area contributed by atoms with E-state index in [4.69, 9.17) is 0 Å². The largest absolute Gasteiger partial charge is 0.416 e. The van der Waals surface area contributed by atoms with Crippen LogP contribution in [-0.4, -0.2) is 36.3 Å². The number of alkyl halides is 3. The van der Waals surface area contributed by atoms with E-state index in [0.717, 1.165) is 12.1 Å². The number of likely N-dealkylation sites (tertiary alicyclic amines) is 1. The van der Waals surface area contributed by atoms with E-state index in [1.165, 1.54) is 17.4 Å². The molecule has 2 aromatic rings. The van der Waals surface area contributed by atoms with Crippen molar-refractivity contribution >= 4 is 23.2 Å². The second kappa shape index (κ2) is 8.79. The molecule has 30 heavy (non-hydrogen) atoms. The number of nitrogens with zero attached hydrogens (tertiary/aromatic N) is 1. The van der Waals surface area contributed by atoms with Crippen LogP contribution in [0.25, 0.3) is 0 Å². The number of thiophene rings is 1. The van der Waals surface area contributed by atoms with Crippen molar-refractivity contribution in [3.05, 3.63) is 57.8 Å². The van der Waals surface area contributed by atoms with Crippen molar-refractivity contribution < 1.29 is 22.8 Å². The minimum absolute atomic E-state index is 0.00506. The van der Waals surface area contributed by atoms with Gasteiger partial charge in [-0.15, -0.1) is 11.3 Å². The number of nitrogens with one attached hydrogen (secondary N) is 1. The fourth-order valence-electron chi connectivity index (χ4n) is 3.57. The molecule has 1 aromatic heterocycles. The third-order valence-corrected chi connectivity index (χ3v) is 6.42. The quantitative estimate of drug-likeness (QED) is 0.735. The number of halogens is 3. The van der Waals surface area contributed by atoms with Crippen molar-refractivity contribution in [3.8, 4) is 0 Å². The molecule has 0 radical (unpaired) electrons. The van der Waals surface area contributed by atoms with E-state index < -0.39 is 17.2 Å². The smallest absolute Gasteiger partial charge is 0.355 e. The zero-order valence-corrected chi connectivity index (χ0v) is 17.8. The maximum absolute atomic E-state index is 13.0. The third-order valence-electron chi connectivity index (χ3n) is 5.56. The van der Waals surface area contributed by atoms with Gasteiger partial charge in [-0.05, 0) is 35.9 Å². The minimum atomic E-state index is -4.40. The van der Waals surface area contributed by atoms with Gasteiger partial charge in [-0.3, -0.25) is 9.59 Å². The first-order chi connectivity index (χ1) is 14.1. The zero-order chi connectivity index (χ0) is 21.9. The van der Waals surface area contributed by atoms with E-state index in [1.807, 2.05) is 25.3 Å². The molecule has 2 heterocycles. The molecule has 0 unspecified atom stereocenters. The minimum Gasteiger partial charge on any atom is -0.355 e. The Kier molecular flexibility index (Phi) is 6.55. The monoisotopic (exact) mass is 438 g/mol. The first-order valence-corrected chi connectivity index (χ1v) is 10.7. The van der Waals surface area contributed by atoms with Crippen molar-refractivity contribution in [1.29, 1.82) is 0 Å². The predicted molar refractivity (Wildman–Crippen MR) is 110 cm³/mol. The van der Waals surface area contributed by atoms with Gasteiger partial charge in [-0.2, -0.15) is 13.2 Å². The lowest BCUT2D eigenvalue weighted by Crippen LogP contribution is -2.45. The Balaban J connectivity index is 1.54. The van der Waals surface area contributed by atoms with Crippen LogP contribution >= 0.6 is 11.3 Å². The Morgan fingerprint density at radius 3 is 2.37 bits per heavy atom. The first-order valence-electron chi connectivity index (χ1n) is 9.86. The highest BCUT2D eigenvalue weighted by Crippen LogP contribution is 2.32. The molecule has 4 nitrogen and oxygen atoms in total. The van der Waals surface area contributed by atoms with E-state index in [-0.39, 0.29) is 24.3 Å². The van der Waals surface area contributed by atoms with Crippen LogP contribution in [0.3, 0.4) is 0 Å². The molecule has 3 rings (SSSR count). The molecule has 2 amide bonds. The van der Waals surface area contributed by atoms with Crippen molar-refractivity contribution in [2.45, 2.75) is 38.3 Å². The van der Waals surface area contributed by atoms with Crippen LogP contribution in [0.2, 0.25) is 0 Å². The molecule has 1 aliphatic heterocycles. The molecule has 8 heteroatoms. The molecule has 1 aromatic carbocycles. The van der Waals surface area contributed by atoms with Gasteiger partial charge in [0, 0.05) is 31.0 Å². The van der Waals surface area contributed by atoms with Gasteiger partial charge in [0.15, 0.2) is 0 Å². The number of carbonyl (C=O) groups excluding carboxylic acids is 2. The molecule has 0 atom stereocenters. The number of amides is 2. The Morgan fingerprint density at radius 1 is 1.10 bits per heavy atom. The molecule has 0 spiro atoms. The van der Waals surface area contributed by atoms with E-state index in [9.17, 15) is 22.8 Å². The number of hydrogen-bond acceptors (Lipinski definition) is 3. The average Bonchev–Trinajstić information content (AvgIpc) is 3.26. The summed E-state index contributed by atoms with van der Waals surface area (Å²) in [7, 11) is 0. The third kappa shape index (κ3) is 5.22. The molecule has 0 aliphatic carbocycles. The summed E-state index contributed by atoms with van der Waals surface area (Å²) in [5.41, 5.74) is -0.816. The Morgan fingerprint density at radius 2 is 1.77 bits per heavy atom. The fraction of sp³-hybridized carbons (Fsp3) is 0.455. The summed E-state index contributed by atoms with van der Waals surface area (Å²) in [5.74, 6) is -0.317. The van der Waals surface area contributed by atoms with Gasteiger partial charge in [0.25, 0.3) is 5.91 Å². The van der Waals surface area contributed by atoms with Crippen LogP contribution in [-0.2, 0) is 16.4 Å². The van der Waals surface area contributed by atoms with E-state index in [2.05, 4.69) is 5.32 Å². The van der Waals surface area contributed by atoms with Crippen LogP contribution in [0.4, 0.5) is 13.2 Å². The summed E-state index contributed by atoms with van der Waals surface area (Å²) >= 11 is 1.40. The number of hydrogen-bond donors (Lipinski definition) is 1. The van der Waals surface area contributed by atoms with Crippen molar-refractivity contribution in [1.82, 2.24) is 10.2 Å². The van der Waals surface area contributed by atoms with E-state index in [1.54, 1.807) is 17.0 Å². The van der Waals surface area contributed by atoms with Crippen LogP contribution in [0.1, 0.15) is 47.5 Å². The summed E-state index contributed by atoms with van der Waals surface area (Å²) in [4.78, 5) is 27.5. The highest BCUT2D eigenvalue weighted by molar-refractivity contribution is 7.12. The van der Waals surface area contributed by atoms with Gasteiger partial charge in [0.2, 0.25) is 5.91 Å². The summed E-state index contributed by atoms with van der Waals surface area (Å²) in [6.45, 7) is 4.90. The average molecular weight is 439 g/mol. The van der Waals surface area contributed by atoms with Gasteiger partial charge in [0.1, 0.15) is 0 Å². The van der Waals surface area contributed by atoms with Gasteiger partial charge in [-0.1, -0.05) is 38.1 Å². The Labute approximate surface area is 178 Å². The van der Waals surface area contributed by atoms with Gasteiger partial charge < -0.3 is 10.2 Å². The summed E-state index contributed by atoms with van der Waals surface area (Å²) in [6, 6.07) is 8.86.